The summed E-state index contributed by atoms with van der Waals surface area (Å²) >= 11 is 0. The molecule has 0 amide bonds. The van der Waals surface area contributed by atoms with Crippen molar-refractivity contribution in [3.63, 3.8) is 0 Å². The van der Waals surface area contributed by atoms with E-state index in [-0.39, 0.29) is 4.90 Å². The highest BCUT2D eigenvalue weighted by atomic mass is 32.2. The number of rotatable bonds is 4. The SMILES string of the molecule is Cc1cc(CC(O)c2cccc(S(C)(=O)=O)c2)n(C)n1. The van der Waals surface area contributed by atoms with E-state index in [9.17, 15) is 13.5 Å². The van der Waals surface area contributed by atoms with Gasteiger partial charge in [-0.25, -0.2) is 8.42 Å². The Morgan fingerprint density at radius 2 is 2.05 bits per heavy atom. The predicted molar refractivity (Wildman–Crippen MR) is 76.2 cm³/mol. The van der Waals surface area contributed by atoms with E-state index in [2.05, 4.69) is 5.10 Å². The van der Waals surface area contributed by atoms with Crippen LogP contribution in [0.5, 0.6) is 0 Å². The van der Waals surface area contributed by atoms with Gasteiger partial charge in [0.05, 0.1) is 16.7 Å². The lowest BCUT2D eigenvalue weighted by Gasteiger charge is -2.12. The Balaban J connectivity index is 2.26. The average molecular weight is 294 g/mol. The fourth-order valence-corrected chi connectivity index (χ4v) is 2.80. The first-order chi connectivity index (χ1) is 9.27. The van der Waals surface area contributed by atoms with Gasteiger partial charge in [0, 0.05) is 25.4 Å². The van der Waals surface area contributed by atoms with Crippen molar-refractivity contribution in [3.05, 3.63) is 47.3 Å². The van der Waals surface area contributed by atoms with E-state index in [1.807, 2.05) is 20.0 Å². The Kier molecular flexibility index (Phi) is 3.96. The first-order valence-corrected chi connectivity index (χ1v) is 8.14. The topological polar surface area (TPSA) is 72.2 Å². The van der Waals surface area contributed by atoms with Crippen molar-refractivity contribution in [2.45, 2.75) is 24.3 Å². The van der Waals surface area contributed by atoms with Crippen LogP contribution in [0.1, 0.15) is 23.1 Å². The molecule has 1 unspecified atom stereocenters. The van der Waals surface area contributed by atoms with Crippen molar-refractivity contribution in [1.29, 1.82) is 0 Å². The molecule has 6 heteroatoms. The summed E-state index contributed by atoms with van der Waals surface area (Å²) in [5.74, 6) is 0. The summed E-state index contributed by atoms with van der Waals surface area (Å²) < 4.78 is 24.8. The smallest absolute Gasteiger partial charge is 0.175 e. The summed E-state index contributed by atoms with van der Waals surface area (Å²) in [5, 5.41) is 14.5. The average Bonchev–Trinajstić information content (AvgIpc) is 2.67. The molecule has 20 heavy (non-hydrogen) atoms. The minimum atomic E-state index is -3.26. The maximum Gasteiger partial charge on any atom is 0.175 e. The van der Waals surface area contributed by atoms with E-state index < -0.39 is 15.9 Å². The molecule has 1 N–H and O–H groups in total. The molecule has 2 aromatic rings. The van der Waals surface area contributed by atoms with Gasteiger partial charge in [-0.05, 0) is 30.7 Å². The monoisotopic (exact) mass is 294 g/mol. The maximum absolute atomic E-state index is 11.5. The van der Waals surface area contributed by atoms with Crippen LogP contribution in [-0.2, 0) is 23.3 Å². The standard InChI is InChI=1S/C14H18N2O3S/c1-10-7-12(16(2)15-10)9-14(17)11-5-4-6-13(8-11)20(3,18)19/h4-8,14,17H,9H2,1-3H3. The third kappa shape index (κ3) is 3.26. The fraction of sp³-hybridized carbons (Fsp3) is 0.357. The highest BCUT2D eigenvalue weighted by molar-refractivity contribution is 7.90. The van der Waals surface area contributed by atoms with Crippen molar-refractivity contribution < 1.29 is 13.5 Å². The lowest BCUT2D eigenvalue weighted by molar-refractivity contribution is 0.175. The van der Waals surface area contributed by atoms with Gasteiger partial charge in [0.1, 0.15) is 0 Å². The first kappa shape index (κ1) is 14.7. The molecular formula is C14H18N2O3S. The van der Waals surface area contributed by atoms with Crippen LogP contribution in [-0.4, -0.2) is 29.6 Å². The molecule has 1 atom stereocenters. The Labute approximate surface area is 118 Å². The van der Waals surface area contributed by atoms with E-state index in [4.69, 9.17) is 0 Å². The zero-order chi connectivity index (χ0) is 14.9. The molecule has 108 valence electrons. The van der Waals surface area contributed by atoms with Gasteiger partial charge >= 0.3 is 0 Å². The van der Waals surface area contributed by atoms with Crippen molar-refractivity contribution in [2.24, 2.45) is 7.05 Å². The molecular weight excluding hydrogens is 276 g/mol. The van der Waals surface area contributed by atoms with Gasteiger partial charge in [-0.2, -0.15) is 5.10 Å². The molecule has 0 saturated carbocycles. The number of benzene rings is 1. The van der Waals surface area contributed by atoms with Gasteiger partial charge in [0.2, 0.25) is 0 Å². The zero-order valence-electron chi connectivity index (χ0n) is 11.7. The van der Waals surface area contributed by atoms with E-state index in [0.29, 0.717) is 12.0 Å². The van der Waals surface area contributed by atoms with Gasteiger partial charge < -0.3 is 5.11 Å². The van der Waals surface area contributed by atoms with E-state index in [1.54, 1.807) is 16.8 Å². The van der Waals surface area contributed by atoms with Crippen LogP contribution in [0.2, 0.25) is 0 Å². The number of aromatic nitrogens is 2. The van der Waals surface area contributed by atoms with Gasteiger partial charge in [-0.1, -0.05) is 12.1 Å². The minimum absolute atomic E-state index is 0.218. The lowest BCUT2D eigenvalue weighted by atomic mass is 10.0. The molecule has 5 nitrogen and oxygen atoms in total. The van der Waals surface area contributed by atoms with Crippen LogP contribution in [0.15, 0.2) is 35.2 Å². The Morgan fingerprint density at radius 3 is 2.60 bits per heavy atom. The van der Waals surface area contributed by atoms with Crippen LogP contribution in [0.4, 0.5) is 0 Å². The van der Waals surface area contributed by atoms with E-state index in [1.165, 1.54) is 12.1 Å². The number of aliphatic hydroxyl groups excluding tert-OH is 1. The molecule has 1 heterocycles. The molecule has 1 aromatic heterocycles. The number of aliphatic hydroxyl groups is 1. The predicted octanol–water partition coefficient (Wildman–Crippen LogP) is 1.41. The first-order valence-electron chi connectivity index (χ1n) is 6.25. The van der Waals surface area contributed by atoms with Crippen molar-refractivity contribution in [2.75, 3.05) is 6.26 Å². The molecule has 0 aliphatic heterocycles. The summed E-state index contributed by atoms with van der Waals surface area (Å²) in [6.45, 7) is 1.89. The van der Waals surface area contributed by atoms with Gasteiger partial charge in [0.15, 0.2) is 9.84 Å². The molecule has 0 saturated heterocycles. The van der Waals surface area contributed by atoms with Crippen LogP contribution in [0, 0.1) is 6.92 Å². The minimum Gasteiger partial charge on any atom is -0.388 e. The van der Waals surface area contributed by atoms with Crippen molar-refractivity contribution >= 4 is 9.84 Å². The van der Waals surface area contributed by atoms with E-state index >= 15 is 0 Å². The van der Waals surface area contributed by atoms with E-state index in [0.717, 1.165) is 17.6 Å². The van der Waals surface area contributed by atoms with Gasteiger partial charge in [-0.15, -0.1) is 0 Å². The Hall–Kier alpha value is -1.66. The molecule has 0 fully saturated rings. The third-order valence-electron chi connectivity index (χ3n) is 3.17. The van der Waals surface area contributed by atoms with Crippen LogP contribution in [0.25, 0.3) is 0 Å². The highest BCUT2D eigenvalue weighted by Crippen LogP contribution is 2.21. The second kappa shape index (κ2) is 5.38. The molecule has 0 radical (unpaired) electrons. The molecule has 2 rings (SSSR count). The highest BCUT2D eigenvalue weighted by Gasteiger charge is 2.14. The number of hydrogen-bond acceptors (Lipinski definition) is 4. The second-order valence-corrected chi connectivity index (χ2v) is 6.98. The quantitative estimate of drug-likeness (QED) is 0.925. The summed E-state index contributed by atoms with van der Waals surface area (Å²) in [5.41, 5.74) is 2.38. The van der Waals surface area contributed by atoms with Crippen molar-refractivity contribution in [3.8, 4) is 0 Å². The lowest BCUT2D eigenvalue weighted by Crippen LogP contribution is -2.07. The zero-order valence-corrected chi connectivity index (χ0v) is 12.6. The molecule has 0 aliphatic rings. The van der Waals surface area contributed by atoms with Crippen molar-refractivity contribution in [1.82, 2.24) is 9.78 Å². The summed E-state index contributed by atoms with van der Waals surface area (Å²) in [6, 6.07) is 8.32. The largest absolute Gasteiger partial charge is 0.388 e. The molecule has 0 bridgehead atoms. The van der Waals surface area contributed by atoms with Gasteiger partial charge in [-0.3, -0.25) is 4.68 Å². The van der Waals surface area contributed by atoms with Gasteiger partial charge in [0.25, 0.3) is 0 Å². The number of hydrogen-bond donors (Lipinski definition) is 1. The summed E-state index contributed by atoms with van der Waals surface area (Å²) in [6.07, 6.45) is 0.791. The normalized spacial score (nSPS) is 13.4. The summed E-state index contributed by atoms with van der Waals surface area (Å²) in [4.78, 5) is 0.218. The summed E-state index contributed by atoms with van der Waals surface area (Å²) in [7, 11) is -1.44. The number of aryl methyl sites for hydroxylation is 2. The molecule has 0 spiro atoms. The second-order valence-electron chi connectivity index (χ2n) is 4.97. The van der Waals surface area contributed by atoms with Crippen LogP contribution >= 0.6 is 0 Å². The number of nitrogens with zero attached hydrogens (tertiary/aromatic N) is 2. The fourth-order valence-electron chi connectivity index (χ4n) is 2.12. The van der Waals surface area contributed by atoms with Crippen LogP contribution in [0.3, 0.4) is 0 Å². The molecule has 0 aliphatic carbocycles. The Bertz CT molecular complexity index is 720. The number of sulfone groups is 1. The maximum atomic E-state index is 11.5. The molecule has 1 aromatic carbocycles. The van der Waals surface area contributed by atoms with Crippen LogP contribution < -0.4 is 0 Å². The Morgan fingerprint density at radius 1 is 1.35 bits per heavy atom. The third-order valence-corrected chi connectivity index (χ3v) is 4.28.